The largest absolute Gasteiger partial charge is 0.460 e. The number of ether oxygens (including phenoxy) is 2. The summed E-state index contributed by atoms with van der Waals surface area (Å²) in [6.45, 7) is 14.1. The predicted molar refractivity (Wildman–Crippen MR) is 113 cm³/mol. The average Bonchev–Trinajstić information content (AvgIpc) is 3.44. The van der Waals surface area contributed by atoms with Crippen LogP contribution in [0.4, 0.5) is 5.88 Å². The van der Waals surface area contributed by atoms with Crippen molar-refractivity contribution >= 4 is 11.9 Å². The van der Waals surface area contributed by atoms with Crippen molar-refractivity contribution in [1.82, 2.24) is 5.16 Å². The van der Waals surface area contributed by atoms with E-state index in [2.05, 4.69) is 10.0 Å². The number of nitrogens with zero attached hydrogens (tertiary/aromatic N) is 2. The third-order valence-corrected chi connectivity index (χ3v) is 5.00. The molecule has 1 fully saturated rings. The lowest BCUT2D eigenvalue weighted by Gasteiger charge is -2.22. The van der Waals surface area contributed by atoms with Crippen LogP contribution in [0.15, 0.2) is 34.9 Å². The standard InChI is InChI=1S/C24H30N2O4/c1-24(2,3)29-20(27)15-19(11-8-14-28-16-17-9-6-5-7-10-17)22-21(18-12-13-18)23(25-4)30-26-22/h5-7,9-10,18-19H,8,11-16H2,1-3H3/t19-/m0/s1. The van der Waals surface area contributed by atoms with Gasteiger partial charge >= 0.3 is 11.9 Å². The van der Waals surface area contributed by atoms with Gasteiger partial charge in [0.15, 0.2) is 0 Å². The van der Waals surface area contributed by atoms with E-state index < -0.39 is 5.60 Å². The molecule has 6 nitrogen and oxygen atoms in total. The van der Waals surface area contributed by atoms with Gasteiger partial charge in [-0.25, -0.2) is 0 Å². The van der Waals surface area contributed by atoms with E-state index in [4.69, 9.17) is 20.6 Å². The summed E-state index contributed by atoms with van der Waals surface area (Å²) < 4.78 is 16.6. The van der Waals surface area contributed by atoms with Crippen molar-refractivity contribution < 1.29 is 18.8 Å². The van der Waals surface area contributed by atoms with E-state index in [1.165, 1.54) is 0 Å². The second-order valence-corrected chi connectivity index (χ2v) is 8.84. The summed E-state index contributed by atoms with van der Waals surface area (Å²) in [6, 6.07) is 10.0. The molecule has 1 saturated carbocycles. The van der Waals surface area contributed by atoms with Crippen molar-refractivity contribution in [2.75, 3.05) is 6.61 Å². The topological polar surface area (TPSA) is 65.9 Å². The lowest BCUT2D eigenvalue weighted by Crippen LogP contribution is -2.25. The van der Waals surface area contributed by atoms with Crippen molar-refractivity contribution in [3.05, 3.63) is 58.6 Å². The molecule has 1 aromatic carbocycles. The van der Waals surface area contributed by atoms with E-state index in [9.17, 15) is 4.79 Å². The van der Waals surface area contributed by atoms with Crippen molar-refractivity contribution in [1.29, 1.82) is 0 Å². The van der Waals surface area contributed by atoms with E-state index in [0.717, 1.165) is 42.5 Å². The van der Waals surface area contributed by atoms with Crippen LogP contribution >= 0.6 is 0 Å². The minimum Gasteiger partial charge on any atom is -0.460 e. The highest BCUT2D eigenvalue weighted by Crippen LogP contribution is 2.48. The summed E-state index contributed by atoms with van der Waals surface area (Å²) in [4.78, 5) is 16.0. The molecule has 1 aliphatic carbocycles. The first kappa shape index (κ1) is 22.0. The van der Waals surface area contributed by atoms with E-state index in [-0.39, 0.29) is 24.2 Å². The van der Waals surface area contributed by atoms with Gasteiger partial charge in [0.05, 0.1) is 25.3 Å². The molecule has 0 unspecified atom stereocenters. The Labute approximate surface area is 178 Å². The van der Waals surface area contributed by atoms with Gasteiger partial charge in [0.1, 0.15) is 5.60 Å². The molecule has 0 bridgehead atoms. The lowest BCUT2D eigenvalue weighted by atomic mass is 9.91. The number of hydrogen-bond donors (Lipinski definition) is 0. The molecule has 6 heteroatoms. The third kappa shape index (κ3) is 6.43. The summed E-state index contributed by atoms with van der Waals surface area (Å²) in [5.74, 6) is 0.190. The first-order chi connectivity index (χ1) is 14.4. The van der Waals surface area contributed by atoms with E-state index in [1.54, 1.807) is 0 Å². The Bertz CT molecular complexity index is 873. The van der Waals surface area contributed by atoms with Crippen LogP contribution in [0.3, 0.4) is 0 Å². The minimum atomic E-state index is -0.536. The number of carbonyl (C=O) groups excluding carboxylic acids is 1. The molecule has 160 valence electrons. The summed E-state index contributed by atoms with van der Waals surface area (Å²) >= 11 is 0. The number of carbonyl (C=O) groups is 1. The maximum absolute atomic E-state index is 12.5. The molecule has 1 aromatic heterocycles. The highest BCUT2D eigenvalue weighted by Gasteiger charge is 2.36. The summed E-state index contributed by atoms with van der Waals surface area (Å²) in [7, 11) is 0. The van der Waals surface area contributed by atoms with Crippen LogP contribution in [0.25, 0.3) is 4.85 Å². The van der Waals surface area contributed by atoms with Gasteiger partial charge in [-0.1, -0.05) is 35.5 Å². The minimum absolute atomic E-state index is 0.143. The van der Waals surface area contributed by atoms with Crippen LogP contribution in [0.1, 0.15) is 81.5 Å². The Hall–Kier alpha value is -2.65. The molecule has 0 aliphatic heterocycles. The molecule has 0 saturated heterocycles. The number of aromatic nitrogens is 1. The van der Waals surface area contributed by atoms with Crippen LogP contribution < -0.4 is 0 Å². The quantitative estimate of drug-likeness (QED) is 0.276. The smallest absolute Gasteiger partial charge is 0.371 e. The highest BCUT2D eigenvalue weighted by atomic mass is 16.6. The maximum Gasteiger partial charge on any atom is 0.371 e. The highest BCUT2D eigenvalue weighted by molar-refractivity contribution is 5.71. The van der Waals surface area contributed by atoms with Crippen LogP contribution in [-0.2, 0) is 20.9 Å². The fourth-order valence-electron chi connectivity index (χ4n) is 3.55. The zero-order valence-corrected chi connectivity index (χ0v) is 18.0. The van der Waals surface area contributed by atoms with Crippen molar-refractivity contribution in [2.45, 2.75) is 76.9 Å². The van der Waals surface area contributed by atoms with Crippen LogP contribution in [0.2, 0.25) is 0 Å². The lowest BCUT2D eigenvalue weighted by molar-refractivity contribution is -0.155. The molecule has 2 aromatic rings. The van der Waals surface area contributed by atoms with Gasteiger partial charge in [-0.05, 0) is 57.9 Å². The predicted octanol–water partition coefficient (Wildman–Crippen LogP) is 5.92. The van der Waals surface area contributed by atoms with E-state index in [1.807, 2.05) is 51.1 Å². The normalized spacial score (nSPS) is 14.9. The zero-order valence-electron chi connectivity index (χ0n) is 18.0. The average molecular weight is 411 g/mol. The Kier molecular flexibility index (Phi) is 7.28. The monoisotopic (exact) mass is 410 g/mol. The Morgan fingerprint density at radius 2 is 2.03 bits per heavy atom. The molecule has 1 heterocycles. The number of benzene rings is 1. The molecular formula is C24H30N2O4. The number of rotatable bonds is 10. The fraction of sp³-hybridized carbons (Fsp3) is 0.542. The molecule has 0 radical (unpaired) electrons. The van der Waals surface area contributed by atoms with Gasteiger partial charge in [-0.15, -0.1) is 0 Å². The zero-order chi connectivity index (χ0) is 21.6. The second-order valence-electron chi connectivity index (χ2n) is 8.84. The Balaban J connectivity index is 1.63. The van der Waals surface area contributed by atoms with Crippen molar-refractivity contribution in [2.24, 2.45) is 0 Å². The van der Waals surface area contributed by atoms with Gasteiger partial charge in [0.2, 0.25) is 0 Å². The molecular weight excluding hydrogens is 380 g/mol. The second kappa shape index (κ2) is 9.90. The van der Waals surface area contributed by atoms with E-state index >= 15 is 0 Å². The summed E-state index contributed by atoms with van der Waals surface area (Å²) in [6.07, 6.45) is 3.80. The molecule has 0 amide bonds. The van der Waals surface area contributed by atoms with Gasteiger partial charge in [0, 0.05) is 18.1 Å². The van der Waals surface area contributed by atoms with Gasteiger partial charge < -0.3 is 14.0 Å². The van der Waals surface area contributed by atoms with Crippen LogP contribution in [0, 0.1) is 6.57 Å². The fourth-order valence-corrected chi connectivity index (χ4v) is 3.55. The van der Waals surface area contributed by atoms with Crippen LogP contribution in [-0.4, -0.2) is 23.3 Å². The van der Waals surface area contributed by atoms with Crippen molar-refractivity contribution in [3.8, 4) is 0 Å². The SMILES string of the molecule is [C-]#[N+]c1onc([C@@H](CCCOCc2ccccc2)CC(=O)OC(C)(C)C)c1C1CC1. The molecule has 30 heavy (non-hydrogen) atoms. The molecule has 1 atom stereocenters. The van der Waals surface area contributed by atoms with Crippen molar-refractivity contribution in [3.63, 3.8) is 0 Å². The Morgan fingerprint density at radius 3 is 2.67 bits per heavy atom. The number of esters is 1. The third-order valence-electron chi connectivity index (χ3n) is 5.00. The first-order valence-electron chi connectivity index (χ1n) is 10.6. The van der Waals surface area contributed by atoms with Gasteiger partial charge in [-0.3, -0.25) is 4.79 Å². The van der Waals surface area contributed by atoms with Gasteiger partial charge in [-0.2, -0.15) is 4.85 Å². The summed E-state index contributed by atoms with van der Waals surface area (Å²) in [5, 5.41) is 4.21. The van der Waals surface area contributed by atoms with E-state index in [0.29, 0.717) is 19.1 Å². The maximum atomic E-state index is 12.5. The molecule has 3 rings (SSSR count). The molecule has 0 N–H and O–H groups in total. The Morgan fingerprint density at radius 1 is 1.30 bits per heavy atom. The molecule has 0 spiro atoms. The first-order valence-corrected chi connectivity index (χ1v) is 10.6. The van der Waals surface area contributed by atoms with Crippen LogP contribution in [0.5, 0.6) is 0 Å². The molecule has 1 aliphatic rings. The summed E-state index contributed by atoms with van der Waals surface area (Å²) in [5.41, 5.74) is 2.24. The van der Waals surface area contributed by atoms with Gasteiger partial charge in [0.25, 0.3) is 0 Å². The number of hydrogen-bond acceptors (Lipinski definition) is 5.